The van der Waals surface area contributed by atoms with Crippen LogP contribution in [0.25, 0.3) is 55.7 Å². The monoisotopic (exact) mass is 592 g/mol. The fourth-order valence-electron chi connectivity index (χ4n) is 5.08. The number of aromatic nitrogens is 6. The van der Waals surface area contributed by atoms with Gasteiger partial charge in [0.25, 0.3) is 0 Å². The first-order valence-corrected chi connectivity index (χ1v) is 14.2. The zero-order chi connectivity index (χ0) is 30.8. The number of carbonyl (C=O) groups is 1. The molecule has 0 bridgehead atoms. The summed E-state index contributed by atoms with van der Waals surface area (Å²) in [7, 11) is 7.67. The van der Waals surface area contributed by atoms with Crippen LogP contribution in [0, 0.1) is 5.82 Å². The maximum atomic E-state index is 14.7. The van der Waals surface area contributed by atoms with Gasteiger partial charge in [-0.2, -0.15) is 5.10 Å². The summed E-state index contributed by atoms with van der Waals surface area (Å²) in [5, 5.41) is 15.4. The highest BCUT2D eigenvalue weighted by atomic mass is 19.1. The first-order chi connectivity index (χ1) is 21.2. The van der Waals surface area contributed by atoms with Crippen molar-refractivity contribution in [3.8, 4) is 33.8 Å². The van der Waals surface area contributed by atoms with E-state index in [1.807, 2.05) is 58.5 Å². The summed E-state index contributed by atoms with van der Waals surface area (Å²) < 4.78 is 14.7. The fraction of sp³-hybridized carbons (Fsp3) is 0.219. The van der Waals surface area contributed by atoms with Crippen LogP contribution in [0.15, 0.2) is 67.3 Å². The smallest absolute Gasteiger partial charge is 0.238 e. The molecule has 11 nitrogen and oxygen atoms in total. The molecule has 5 aromatic heterocycles. The number of nitrogens with one attached hydrogen (secondary N) is 4. The molecule has 224 valence electrons. The Labute approximate surface area is 253 Å². The van der Waals surface area contributed by atoms with Crippen LogP contribution in [0.4, 0.5) is 15.8 Å². The molecule has 0 atom stereocenters. The van der Waals surface area contributed by atoms with Crippen molar-refractivity contribution < 1.29 is 9.18 Å². The molecule has 12 heteroatoms. The van der Waals surface area contributed by atoms with Crippen molar-refractivity contribution in [3.63, 3.8) is 0 Å². The van der Waals surface area contributed by atoms with Gasteiger partial charge in [0.05, 0.1) is 29.8 Å². The number of nitrogens with zero attached hydrogens (tertiary/aromatic N) is 6. The van der Waals surface area contributed by atoms with Crippen LogP contribution < -0.4 is 10.6 Å². The van der Waals surface area contributed by atoms with E-state index in [1.165, 1.54) is 12.1 Å². The lowest BCUT2D eigenvalue weighted by Crippen LogP contribution is -2.27. The van der Waals surface area contributed by atoms with Crippen molar-refractivity contribution in [1.29, 1.82) is 0 Å². The third-order valence-electron chi connectivity index (χ3n) is 7.09. The number of hydrogen-bond acceptors (Lipinski definition) is 8. The Morgan fingerprint density at radius 3 is 2.50 bits per heavy atom. The Morgan fingerprint density at radius 1 is 0.864 bits per heavy atom. The van der Waals surface area contributed by atoms with Gasteiger partial charge in [-0.3, -0.25) is 19.9 Å². The summed E-state index contributed by atoms with van der Waals surface area (Å²) in [6.07, 6.45) is 6.80. The molecule has 1 amide bonds. The minimum Gasteiger partial charge on any atom is -0.384 e. The van der Waals surface area contributed by atoms with Gasteiger partial charge in [0.15, 0.2) is 5.65 Å². The highest BCUT2D eigenvalue weighted by Crippen LogP contribution is 2.35. The van der Waals surface area contributed by atoms with Crippen LogP contribution in [0.2, 0.25) is 0 Å². The molecule has 0 saturated heterocycles. The van der Waals surface area contributed by atoms with E-state index in [0.717, 1.165) is 39.7 Å². The largest absolute Gasteiger partial charge is 0.384 e. The summed E-state index contributed by atoms with van der Waals surface area (Å²) in [4.78, 5) is 33.1. The summed E-state index contributed by atoms with van der Waals surface area (Å²) in [5.74, 6) is -0.459. The van der Waals surface area contributed by atoms with E-state index in [2.05, 4.69) is 45.7 Å². The second-order valence-electron chi connectivity index (χ2n) is 11.2. The molecule has 0 saturated carbocycles. The number of aromatic amines is 2. The van der Waals surface area contributed by atoms with E-state index >= 15 is 0 Å². The molecule has 6 aromatic rings. The third-order valence-corrected chi connectivity index (χ3v) is 7.09. The average molecular weight is 593 g/mol. The Bertz CT molecular complexity index is 1960. The normalized spacial score (nSPS) is 11.6. The maximum Gasteiger partial charge on any atom is 0.238 e. The number of rotatable bonds is 10. The Balaban J connectivity index is 1.33. The zero-order valence-electron chi connectivity index (χ0n) is 24.9. The minimum atomic E-state index is -0.336. The second-order valence-corrected chi connectivity index (χ2v) is 11.2. The van der Waals surface area contributed by atoms with E-state index in [9.17, 15) is 9.18 Å². The van der Waals surface area contributed by atoms with E-state index in [-0.39, 0.29) is 18.3 Å². The number of likely N-dealkylation sites (N-methyl/N-ethyl adjacent to an activating group) is 2. The summed E-state index contributed by atoms with van der Waals surface area (Å²) >= 11 is 0. The van der Waals surface area contributed by atoms with Gasteiger partial charge in [-0.25, -0.2) is 9.37 Å². The molecule has 1 aromatic carbocycles. The van der Waals surface area contributed by atoms with Crippen LogP contribution in [0.1, 0.15) is 0 Å². The average Bonchev–Trinajstić information content (AvgIpc) is 3.60. The lowest BCUT2D eigenvalue weighted by Gasteiger charge is -2.12. The predicted molar refractivity (Wildman–Crippen MR) is 172 cm³/mol. The van der Waals surface area contributed by atoms with E-state index in [4.69, 9.17) is 0 Å². The quantitative estimate of drug-likeness (QED) is 0.178. The highest BCUT2D eigenvalue weighted by Gasteiger charge is 2.17. The topological polar surface area (TPSA) is 131 Å². The van der Waals surface area contributed by atoms with Crippen molar-refractivity contribution >= 4 is 39.2 Å². The Morgan fingerprint density at radius 2 is 1.68 bits per heavy atom. The molecule has 0 aliphatic carbocycles. The highest BCUT2D eigenvalue weighted by molar-refractivity contribution is 6.00. The van der Waals surface area contributed by atoms with Gasteiger partial charge in [0, 0.05) is 70.3 Å². The Kier molecular flexibility index (Phi) is 8.01. The predicted octanol–water partition coefficient (Wildman–Crippen LogP) is 4.84. The molecule has 5 heterocycles. The van der Waals surface area contributed by atoms with Crippen molar-refractivity contribution in [2.45, 2.75) is 0 Å². The number of pyridine rings is 3. The number of hydrogen-bond donors (Lipinski definition) is 4. The molecular weight excluding hydrogens is 559 g/mol. The number of fused-ring (bicyclic) bond motifs is 2. The van der Waals surface area contributed by atoms with E-state index < -0.39 is 0 Å². The van der Waals surface area contributed by atoms with Crippen LogP contribution in [-0.2, 0) is 4.79 Å². The van der Waals surface area contributed by atoms with Crippen molar-refractivity contribution in [2.75, 3.05) is 58.5 Å². The lowest BCUT2D eigenvalue weighted by molar-refractivity contribution is -0.116. The Hall–Kier alpha value is -5.20. The molecule has 0 radical (unpaired) electrons. The van der Waals surface area contributed by atoms with Crippen LogP contribution >= 0.6 is 0 Å². The summed E-state index contributed by atoms with van der Waals surface area (Å²) in [6.45, 7) is 1.78. The van der Waals surface area contributed by atoms with Crippen molar-refractivity contribution in [2.24, 2.45) is 0 Å². The standard InChI is InChI=1S/C32H33FN10O/c1-42(2)8-7-35-23-10-19(9-22(33)13-23)30-25-14-28(39-27(25)5-6-36-30)31-26-12-21(16-37-32(26)41-40-31)20-11-24(17-34-15-20)38-29(44)18-43(3)4/h5-6,9-17,35,39H,7-8,18H2,1-4H3,(H,38,44)(H,37,40,41). The van der Waals surface area contributed by atoms with E-state index in [0.29, 0.717) is 40.5 Å². The molecule has 0 fully saturated rings. The first-order valence-electron chi connectivity index (χ1n) is 14.2. The van der Waals surface area contributed by atoms with Crippen LogP contribution in [-0.4, -0.2) is 93.7 Å². The first kappa shape index (κ1) is 28.9. The molecule has 0 unspecified atom stereocenters. The van der Waals surface area contributed by atoms with Gasteiger partial charge < -0.3 is 25.4 Å². The lowest BCUT2D eigenvalue weighted by atomic mass is 10.1. The molecule has 6 rings (SSSR count). The molecule has 0 spiro atoms. The fourth-order valence-corrected chi connectivity index (χ4v) is 5.08. The van der Waals surface area contributed by atoms with Gasteiger partial charge in [0.1, 0.15) is 11.5 Å². The molecule has 0 aliphatic rings. The number of halogens is 1. The van der Waals surface area contributed by atoms with Gasteiger partial charge in [-0.15, -0.1) is 0 Å². The number of H-pyrrole nitrogens is 2. The number of anilines is 2. The second kappa shape index (κ2) is 12.2. The zero-order valence-corrected chi connectivity index (χ0v) is 24.9. The van der Waals surface area contributed by atoms with Crippen molar-refractivity contribution in [3.05, 3.63) is 73.1 Å². The maximum absolute atomic E-state index is 14.7. The summed E-state index contributed by atoms with van der Waals surface area (Å²) in [5.41, 5.74) is 7.20. The number of amides is 1. The third kappa shape index (κ3) is 6.26. The summed E-state index contributed by atoms with van der Waals surface area (Å²) in [6, 6.07) is 12.6. The SMILES string of the molecule is CN(C)CCNc1cc(F)cc(-c2nccc3[nH]c(-c4n[nH]c5ncc(-c6cncc(NC(=O)CN(C)C)c6)cc45)cc23)c1. The molecular formula is C32H33FN10O. The van der Waals surface area contributed by atoms with Gasteiger partial charge in [-0.05, 0) is 70.7 Å². The minimum absolute atomic E-state index is 0.123. The van der Waals surface area contributed by atoms with Crippen molar-refractivity contribution in [1.82, 2.24) is 39.9 Å². The number of benzene rings is 1. The van der Waals surface area contributed by atoms with Gasteiger partial charge in [0.2, 0.25) is 5.91 Å². The van der Waals surface area contributed by atoms with Gasteiger partial charge >= 0.3 is 0 Å². The molecule has 0 aliphatic heterocycles. The molecule has 4 N–H and O–H groups in total. The van der Waals surface area contributed by atoms with Gasteiger partial charge in [-0.1, -0.05) is 0 Å². The van der Waals surface area contributed by atoms with E-state index in [1.54, 1.807) is 29.7 Å². The van der Waals surface area contributed by atoms with Crippen LogP contribution in [0.5, 0.6) is 0 Å². The molecule has 44 heavy (non-hydrogen) atoms. The van der Waals surface area contributed by atoms with Crippen LogP contribution in [0.3, 0.4) is 0 Å². The number of carbonyl (C=O) groups excluding carboxylic acids is 1.